The Morgan fingerprint density at radius 2 is 2.15 bits per heavy atom. The fourth-order valence-electron chi connectivity index (χ4n) is 1.35. The van der Waals surface area contributed by atoms with Crippen LogP contribution in [0.5, 0.6) is 0 Å². The van der Waals surface area contributed by atoms with Gasteiger partial charge < -0.3 is 5.73 Å². The fraction of sp³-hybridized carbons (Fsp3) is 0.700. The van der Waals surface area contributed by atoms with Crippen LogP contribution in [0.4, 0.5) is 0 Å². The topological polar surface area (TPSA) is 43.8 Å². The minimum absolute atomic E-state index is 0.152. The van der Waals surface area contributed by atoms with Crippen LogP contribution in [-0.2, 0) is 13.5 Å². The molecule has 0 aliphatic heterocycles. The zero-order valence-corrected chi connectivity index (χ0v) is 8.96. The maximum atomic E-state index is 5.68. The molecule has 0 saturated heterocycles. The molecule has 3 heteroatoms. The van der Waals surface area contributed by atoms with E-state index in [1.807, 2.05) is 17.9 Å². The number of aromatic nitrogens is 2. The Morgan fingerprint density at radius 3 is 2.54 bits per heavy atom. The number of rotatable bonds is 3. The van der Waals surface area contributed by atoms with Crippen LogP contribution in [0, 0.1) is 12.3 Å². The summed E-state index contributed by atoms with van der Waals surface area (Å²) < 4.78 is 1.86. The van der Waals surface area contributed by atoms with Gasteiger partial charge >= 0.3 is 0 Å². The lowest BCUT2D eigenvalue weighted by atomic mass is 9.87. The van der Waals surface area contributed by atoms with Gasteiger partial charge in [0.25, 0.3) is 0 Å². The quantitative estimate of drug-likeness (QED) is 0.763. The highest BCUT2D eigenvalue weighted by molar-refractivity contribution is 5.16. The van der Waals surface area contributed by atoms with E-state index in [1.165, 1.54) is 5.56 Å². The zero-order chi connectivity index (χ0) is 10.1. The molecule has 0 aliphatic carbocycles. The molecule has 3 nitrogen and oxygen atoms in total. The molecule has 0 saturated carbocycles. The Bertz CT molecular complexity index is 286. The molecule has 13 heavy (non-hydrogen) atoms. The first-order valence-corrected chi connectivity index (χ1v) is 4.64. The predicted octanol–water partition coefficient (Wildman–Crippen LogP) is 1.26. The van der Waals surface area contributed by atoms with Crippen LogP contribution in [0.2, 0.25) is 0 Å². The van der Waals surface area contributed by atoms with Crippen LogP contribution in [0.15, 0.2) is 6.20 Å². The highest BCUT2D eigenvalue weighted by atomic mass is 15.2. The normalized spacial score (nSPS) is 12.1. The van der Waals surface area contributed by atoms with Gasteiger partial charge in [0.1, 0.15) is 0 Å². The summed E-state index contributed by atoms with van der Waals surface area (Å²) in [7, 11) is 1.95. The predicted molar refractivity (Wildman–Crippen MR) is 54.5 cm³/mol. The van der Waals surface area contributed by atoms with Gasteiger partial charge in [-0.25, -0.2) is 0 Å². The van der Waals surface area contributed by atoms with Crippen LogP contribution in [-0.4, -0.2) is 16.3 Å². The minimum atomic E-state index is 0.152. The summed E-state index contributed by atoms with van der Waals surface area (Å²) in [6.07, 6.45) is 3.00. The van der Waals surface area contributed by atoms with Crippen LogP contribution >= 0.6 is 0 Å². The summed E-state index contributed by atoms with van der Waals surface area (Å²) >= 11 is 0. The van der Waals surface area contributed by atoms with E-state index >= 15 is 0 Å². The van der Waals surface area contributed by atoms with E-state index in [4.69, 9.17) is 5.73 Å². The molecule has 0 bridgehead atoms. The molecule has 0 unspecified atom stereocenters. The fourth-order valence-corrected chi connectivity index (χ4v) is 1.35. The number of hydrogen-bond donors (Lipinski definition) is 1. The van der Waals surface area contributed by atoms with Crippen LogP contribution in [0.25, 0.3) is 0 Å². The summed E-state index contributed by atoms with van der Waals surface area (Å²) in [6, 6.07) is 0. The summed E-state index contributed by atoms with van der Waals surface area (Å²) in [4.78, 5) is 0. The number of nitrogens with zero attached hydrogens (tertiary/aromatic N) is 2. The Morgan fingerprint density at radius 1 is 1.54 bits per heavy atom. The van der Waals surface area contributed by atoms with Gasteiger partial charge in [-0.05, 0) is 30.9 Å². The van der Waals surface area contributed by atoms with Crippen molar-refractivity contribution >= 4 is 0 Å². The van der Waals surface area contributed by atoms with Crippen molar-refractivity contribution in [3.05, 3.63) is 17.5 Å². The third-order valence-corrected chi connectivity index (χ3v) is 2.31. The SMILES string of the molecule is Cc1cn(C)nc1CC(C)(C)CN. The molecule has 0 aromatic carbocycles. The summed E-state index contributed by atoms with van der Waals surface area (Å²) in [5, 5.41) is 4.40. The summed E-state index contributed by atoms with van der Waals surface area (Å²) in [5.41, 5.74) is 8.25. The minimum Gasteiger partial charge on any atom is -0.330 e. The zero-order valence-electron chi connectivity index (χ0n) is 8.96. The lowest BCUT2D eigenvalue weighted by molar-refractivity contribution is 0.370. The first-order chi connectivity index (χ1) is 5.94. The smallest absolute Gasteiger partial charge is 0.0659 e. The van der Waals surface area contributed by atoms with E-state index in [9.17, 15) is 0 Å². The van der Waals surface area contributed by atoms with Crippen molar-refractivity contribution in [2.24, 2.45) is 18.2 Å². The molecule has 0 spiro atoms. The largest absolute Gasteiger partial charge is 0.330 e. The van der Waals surface area contributed by atoms with Crippen molar-refractivity contribution in [1.82, 2.24) is 9.78 Å². The highest BCUT2D eigenvalue weighted by Gasteiger charge is 2.19. The van der Waals surface area contributed by atoms with E-state index in [2.05, 4.69) is 25.9 Å². The van der Waals surface area contributed by atoms with E-state index < -0.39 is 0 Å². The lowest BCUT2D eigenvalue weighted by Crippen LogP contribution is -2.26. The van der Waals surface area contributed by atoms with Gasteiger partial charge in [0.05, 0.1) is 5.69 Å². The molecule has 0 aliphatic rings. The van der Waals surface area contributed by atoms with Gasteiger partial charge in [0, 0.05) is 13.2 Å². The Hall–Kier alpha value is -0.830. The second-order valence-corrected chi connectivity index (χ2v) is 4.48. The third kappa shape index (κ3) is 2.56. The molecule has 2 N–H and O–H groups in total. The Labute approximate surface area is 79.9 Å². The first-order valence-electron chi connectivity index (χ1n) is 4.64. The molecule has 74 valence electrons. The van der Waals surface area contributed by atoms with Gasteiger partial charge in [-0.15, -0.1) is 0 Å². The van der Waals surface area contributed by atoms with E-state index in [1.54, 1.807) is 0 Å². The van der Waals surface area contributed by atoms with Crippen molar-refractivity contribution in [2.45, 2.75) is 27.2 Å². The standard InChI is InChI=1S/C10H19N3/c1-8-6-13(4)12-9(8)5-10(2,3)7-11/h6H,5,7,11H2,1-4H3. The van der Waals surface area contributed by atoms with E-state index in [0.717, 1.165) is 12.1 Å². The van der Waals surface area contributed by atoms with Crippen LogP contribution in [0.1, 0.15) is 25.1 Å². The second-order valence-electron chi connectivity index (χ2n) is 4.48. The van der Waals surface area contributed by atoms with Crippen molar-refractivity contribution in [3.8, 4) is 0 Å². The summed E-state index contributed by atoms with van der Waals surface area (Å²) in [6.45, 7) is 7.13. The average Bonchev–Trinajstić information content (AvgIpc) is 2.30. The van der Waals surface area contributed by atoms with Gasteiger partial charge in [-0.3, -0.25) is 4.68 Å². The van der Waals surface area contributed by atoms with Crippen molar-refractivity contribution in [1.29, 1.82) is 0 Å². The van der Waals surface area contributed by atoms with Crippen molar-refractivity contribution in [2.75, 3.05) is 6.54 Å². The van der Waals surface area contributed by atoms with Gasteiger partial charge in [0.15, 0.2) is 0 Å². The molecular formula is C10H19N3. The third-order valence-electron chi connectivity index (χ3n) is 2.31. The van der Waals surface area contributed by atoms with E-state index in [0.29, 0.717) is 6.54 Å². The monoisotopic (exact) mass is 181 g/mol. The highest BCUT2D eigenvalue weighted by Crippen LogP contribution is 2.20. The maximum Gasteiger partial charge on any atom is 0.0659 e. The van der Waals surface area contributed by atoms with Crippen LogP contribution < -0.4 is 5.73 Å². The van der Waals surface area contributed by atoms with Gasteiger partial charge in [-0.2, -0.15) is 5.10 Å². The lowest BCUT2D eigenvalue weighted by Gasteiger charge is -2.21. The Balaban J connectivity index is 2.79. The molecule has 1 heterocycles. The van der Waals surface area contributed by atoms with Crippen LogP contribution in [0.3, 0.4) is 0 Å². The second kappa shape index (κ2) is 3.50. The Kier molecular flexibility index (Phi) is 2.76. The molecule has 0 fully saturated rings. The number of hydrogen-bond acceptors (Lipinski definition) is 2. The van der Waals surface area contributed by atoms with E-state index in [-0.39, 0.29) is 5.41 Å². The molecule has 0 radical (unpaired) electrons. The molecule has 0 atom stereocenters. The number of nitrogens with two attached hydrogens (primary N) is 1. The van der Waals surface area contributed by atoms with Gasteiger partial charge in [0.2, 0.25) is 0 Å². The van der Waals surface area contributed by atoms with Crippen molar-refractivity contribution < 1.29 is 0 Å². The molecule has 0 amide bonds. The molecule has 1 aromatic heterocycles. The average molecular weight is 181 g/mol. The molecular weight excluding hydrogens is 162 g/mol. The first kappa shape index (κ1) is 10.3. The molecule has 1 rings (SSSR count). The summed E-state index contributed by atoms with van der Waals surface area (Å²) in [5.74, 6) is 0. The van der Waals surface area contributed by atoms with Gasteiger partial charge in [-0.1, -0.05) is 13.8 Å². The number of aryl methyl sites for hydroxylation is 2. The maximum absolute atomic E-state index is 5.68. The van der Waals surface area contributed by atoms with Crippen molar-refractivity contribution in [3.63, 3.8) is 0 Å². The molecule has 1 aromatic rings.